The zero-order valence-corrected chi connectivity index (χ0v) is 11.9. The van der Waals surface area contributed by atoms with Gasteiger partial charge < -0.3 is 10.1 Å². The summed E-state index contributed by atoms with van der Waals surface area (Å²) in [6, 6.07) is 0.226. The van der Waals surface area contributed by atoms with Crippen molar-refractivity contribution in [3.8, 4) is 0 Å². The van der Waals surface area contributed by atoms with Crippen molar-refractivity contribution in [3.63, 3.8) is 0 Å². The van der Waals surface area contributed by atoms with Crippen molar-refractivity contribution < 1.29 is 24.1 Å². The first-order chi connectivity index (χ1) is 9.67. The molecule has 0 heterocycles. The zero-order chi connectivity index (χ0) is 16.2. The van der Waals surface area contributed by atoms with Crippen LogP contribution in [0.1, 0.15) is 25.4 Å². The van der Waals surface area contributed by atoms with Gasteiger partial charge in [0.15, 0.2) is 0 Å². The molecule has 0 aliphatic rings. The van der Waals surface area contributed by atoms with Crippen LogP contribution in [0, 0.1) is 5.82 Å². The summed E-state index contributed by atoms with van der Waals surface area (Å²) in [7, 11) is 0. The third-order valence-corrected chi connectivity index (χ3v) is 2.97. The van der Waals surface area contributed by atoms with Gasteiger partial charge in [-0.15, -0.1) is 11.6 Å². The smallest absolute Gasteiger partial charge is 0.345 e. The molecule has 8 heteroatoms. The summed E-state index contributed by atoms with van der Waals surface area (Å²) >= 11 is 11.5. The second-order valence-electron chi connectivity index (χ2n) is 3.79. The molecule has 0 aliphatic carbocycles. The van der Waals surface area contributed by atoms with E-state index in [4.69, 9.17) is 24.6 Å². The number of ether oxygens (including phenoxy) is 1. The van der Waals surface area contributed by atoms with Crippen LogP contribution in [0.15, 0.2) is 12.1 Å². The highest BCUT2D eigenvalue weighted by molar-refractivity contribution is 6.32. The highest BCUT2D eigenvalue weighted by atomic mass is 35.5. The molecule has 0 bridgehead atoms. The number of benzene rings is 1. The maximum absolute atomic E-state index is 13.4. The summed E-state index contributed by atoms with van der Waals surface area (Å²) in [5.41, 5.74) is 0.306. The number of hydrogen-bond donors (Lipinski definition) is 1. The monoisotopic (exact) mass is 330 g/mol. The molecule has 0 fully saturated rings. The molecule has 1 amide bonds. The summed E-state index contributed by atoms with van der Waals surface area (Å²) in [5, 5.41) is 2.15. The first-order valence-electron chi connectivity index (χ1n) is 5.92. The minimum atomic E-state index is -3.10. The van der Waals surface area contributed by atoms with E-state index in [1.54, 1.807) is 0 Å². The summed E-state index contributed by atoms with van der Waals surface area (Å²) in [6.45, 7) is -2.78. The van der Waals surface area contributed by atoms with E-state index in [0.29, 0.717) is 0 Å². The first kappa shape index (κ1) is 15.4. The number of carbonyl (C=O) groups is 1. The molecule has 0 saturated carbocycles. The molecule has 1 aromatic carbocycles. The molecule has 1 atom stereocenters. The largest absolute Gasteiger partial charge is 0.348 e. The van der Waals surface area contributed by atoms with E-state index >= 15 is 0 Å². The van der Waals surface area contributed by atoms with Crippen LogP contribution in [0.3, 0.4) is 0 Å². The van der Waals surface area contributed by atoms with Crippen LogP contribution < -0.4 is 5.32 Å². The normalized spacial score (nSPS) is 14.8. The lowest BCUT2D eigenvalue weighted by molar-refractivity contribution is -0.152. The third-order valence-electron chi connectivity index (χ3n) is 2.37. The van der Waals surface area contributed by atoms with E-state index in [1.165, 1.54) is 6.92 Å². The van der Waals surface area contributed by atoms with Crippen molar-refractivity contribution in [2.75, 3.05) is 6.61 Å². The summed E-state index contributed by atoms with van der Waals surface area (Å²) in [6.07, 6.45) is 0. The van der Waals surface area contributed by atoms with Gasteiger partial charge >= 0.3 is 6.61 Å². The van der Waals surface area contributed by atoms with Crippen LogP contribution in [-0.2, 0) is 15.4 Å². The molecule has 0 aliphatic heterocycles. The van der Waals surface area contributed by atoms with Crippen LogP contribution in [-0.4, -0.2) is 19.1 Å². The molecular formula is C12H12Cl2F3NO2. The van der Waals surface area contributed by atoms with Crippen LogP contribution >= 0.6 is 23.2 Å². The molecular weight excluding hydrogens is 318 g/mol. The SMILES string of the molecule is [2H][C@@](C)(NC(=O)COC(F)F)c1cc(F)cc(Cl)c1CCl. The maximum atomic E-state index is 13.4. The van der Waals surface area contributed by atoms with Gasteiger partial charge in [-0.1, -0.05) is 11.6 Å². The van der Waals surface area contributed by atoms with Gasteiger partial charge in [-0.05, 0) is 30.2 Å². The Morgan fingerprint density at radius 3 is 2.75 bits per heavy atom. The Bertz CT molecular complexity index is 529. The number of nitrogens with one attached hydrogen (secondary N) is 1. The van der Waals surface area contributed by atoms with Crippen molar-refractivity contribution in [1.29, 1.82) is 0 Å². The number of halogens is 5. The van der Waals surface area contributed by atoms with E-state index in [2.05, 4.69) is 10.1 Å². The quantitative estimate of drug-likeness (QED) is 0.809. The van der Waals surface area contributed by atoms with Crippen LogP contribution in [0.4, 0.5) is 13.2 Å². The Hall–Kier alpha value is -0.980. The molecule has 1 rings (SSSR count). The van der Waals surface area contributed by atoms with Crippen molar-refractivity contribution >= 4 is 29.1 Å². The Labute approximate surface area is 125 Å². The van der Waals surface area contributed by atoms with E-state index in [-0.39, 0.29) is 22.0 Å². The average molecular weight is 331 g/mol. The zero-order valence-electron chi connectivity index (χ0n) is 11.4. The molecule has 20 heavy (non-hydrogen) atoms. The molecule has 1 N–H and O–H groups in total. The molecule has 0 unspecified atom stereocenters. The second kappa shape index (κ2) is 7.71. The number of carbonyl (C=O) groups excluding carboxylic acids is 1. The third kappa shape index (κ3) is 4.85. The Morgan fingerprint density at radius 1 is 1.55 bits per heavy atom. The lowest BCUT2D eigenvalue weighted by Crippen LogP contribution is -2.31. The van der Waals surface area contributed by atoms with Gasteiger partial charge in [0.1, 0.15) is 12.4 Å². The van der Waals surface area contributed by atoms with Gasteiger partial charge in [-0.2, -0.15) is 8.78 Å². The van der Waals surface area contributed by atoms with Crippen LogP contribution in [0.2, 0.25) is 5.02 Å². The predicted octanol–water partition coefficient (Wildman–Crippen LogP) is 3.63. The summed E-state index contributed by atoms with van der Waals surface area (Å²) < 4.78 is 49.0. The molecule has 112 valence electrons. The van der Waals surface area contributed by atoms with E-state index in [9.17, 15) is 18.0 Å². The van der Waals surface area contributed by atoms with E-state index < -0.39 is 31.0 Å². The van der Waals surface area contributed by atoms with Crippen molar-refractivity contribution in [1.82, 2.24) is 5.32 Å². The highest BCUT2D eigenvalue weighted by Gasteiger charge is 2.17. The summed E-state index contributed by atoms with van der Waals surface area (Å²) in [4.78, 5) is 11.5. The predicted molar refractivity (Wildman–Crippen MR) is 69.5 cm³/mol. The van der Waals surface area contributed by atoms with Crippen LogP contribution in [0.25, 0.3) is 0 Å². The van der Waals surface area contributed by atoms with Crippen molar-refractivity contribution in [3.05, 3.63) is 34.1 Å². The fourth-order valence-corrected chi connectivity index (χ4v) is 2.15. The fraction of sp³-hybridized carbons (Fsp3) is 0.417. The number of amides is 1. The van der Waals surface area contributed by atoms with E-state index in [1.807, 2.05) is 0 Å². The van der Waals surface area contributed by atoms with Gasteiger partial charge in [0, 0.05) is 10.9 Å². The minimum absolute atomic E-state index is 0.0107. The molecule has 0 radical (unpaired) electrons. The lowest BCUT2D eigenvalue weighted by atomic mass is 10.0. The van der Waals surface area contributed by atoms with Gasteiger partial charge in [0.2, 0.25) is 5.91 Å². The lowest BCUT2D eigenvalue weighted by Gasteiger charge is -2.18. The molecule has 0 aromatic heterocycles. The topological polar surface area (TPSA) is 38.3 Å². The summed E-state index contributed by atoms with van der Waals surface area (Å²) in [5.74, 6) is -1.76. The minimum Gasteiger partial charge on any atom is -0.348 e. The molecule has 3 nitrogen and oxygen atoms in total. The first-order valence-corrected chi connectivity index (χ1v) is 6.33. The van der Waals surface area contributed by atoms with Crippen molar-refractivity contribution in [2.24, 2.45) is 0 Å². The molecule has 0 spiro atoms. The molecule has 1 aromatic rings. The number of hydrogen-bond acceptors (Lipinski definition) is 2. The van der Waals surface area contributed by atoms with Gasteiger partial charge in [0.25, 0.3) is 0 Å². The number of alkyl halides is 3. The standard InChI is InChI=1S/C12H12Cl2F3NO2/c1-6(18-11(19)5-20-12(16)17)8-2-7(15)3-10(14)9(8)4-13/h2-3,6,12H,4-5H2,1H3,(H,18,19)/t6-/m0/s1/i6D. The molecule has 0 saturated heterocycles. The van der Waals surface area contributed by atoms with Gasteiger partial charge in [-0.3, -0.25) is 4.79 Å². The van der Waals surface area contributed by atoms with E-state index in [0.717, 1.165) is 12.1 Å². The fourth-order valence-electron chi connectivity index (χ4n) is 1.53. The Kier molecular flexibility index (Phi) is 5.94. The van der Waals surface area contributed by atoms with Crippen molar-refractivity contribution in [2.45, 2.75) is 25.4 Å². The Morgan fingerprint density at radius 2 is 2.20 bits per heavy atom. The average Bonchev–Trinajstić information content (AvgIpc) is 2.35. The highest BCUT2D eigenvalue weighted by Crippen LogP contribution is 2.28. The van der Waals surface area contributed by atoms with Gasteiger partial charge in [-0.25, -0.2) is 4.39 Å². The number of rotatable bonds is 6. The maximum Gasteiger partial charge on any atom is 0.345 e. The van der Waals surface area contributed by atoms with Gasteiger partial charge in [0.05, 0.1) is 7.39 Å². The van der Waals surface area contributed by atoms with Crippen LogP contribution in [0.5, 0.6) is 0 Å². The second-order valence-corrected chi connectivity index (χ2v) is 4.47. The Balaban J connectivity index is 2.99.